The SMILES string of the molecule is N#Cc1ccc(Cn2cncc2CC(=O)[C@@H](CN)CN(Cc2ccccc2C(F)(F)F)C(=S)NCc2ccccc2)cc1. The van der Waals surface area contributed by atoms with Gasteiger partial charge in [0.05, 0.1) is 23.5 Å². The lowest BCUT2D eigenvalue weighted by atomic mass is 9.99. The number of Topliss-reactive ketones (excluding diaryl/α,β-unsaturated/α-hetero) is 1. The number of carbonyl (C=O) groups is 1. The molecule has 43 heavy (non-hydrogen) atoms. The quantitative estimate of drug-likeness (QED) is 0.218. The van der Waals surface area contributed by atoms with Crippen molar-refractivity contribution in [2.75, 3.05) is 13.1 Å². The number of hydrogen-bond donors (Lipinski definition) is 2. The van der Waals surface area contributed by atoms with Gasteiger partial charge in [0, 0.05) is 57.0 Å². The fourth-order valence-electron chi connectivity index (χ4n) is 4.66. The van der Waals surface area contributed by atoms with Crippen molar-refractivity contribution >= 4 is 23.1 Å². The van der Waals surface area contributed by atoms with Crippen LogP contribution in [-0.2, 0) is 37.0 Å². The third-order valence-corrected chi connectivity index (χ3v) is 7.43. The number of alkyl halides is 3. The fraction of sp³-hybridized carbons (Fsp3) is 0.250. The van der Waals surface area contributed by atoms with Crippen LogP contribution < -0.4 is 11.1 Å². The zero-order valence-corrected chi connectivity index (χ0v) is 24.1. The number of ketones is 1. The highest BCUT2D eigenvalue weighted by Crippen LogP contribution is 2.32. The minimum Gasteiger partial charge on any atom is -0.358 e. The number of nitrogens with two attached hydrogens (primary N) is 1. The second kappa shape index (κ2) is 14.6. The molecule has 1 heterocycles. The molecular weight excluding hydrogens is 573 g/mol. The molecule has 0 aliphatic carbocycles. The summed E-state index contributed by atoms with van der Waals surface area (Å²) in [6.45, 7) is 0.687. The van der Waals surface area contributed by atoms with Crippen LogP contribution in [0.4, 0.5) is 13.2 Å². The summed E-state index contributed by atoms with van der Waals surface area (Å²) >= 11 is 5.64. The van der Waals surface area contributed by atoms with Gasteiger partial charge in [-0.2, -0.15) is 18.4 Å². The largest absolute Gasteiger partial charge is 0.416 e. The lowest BCUT2D eigenvalue weighted by Gasteiger charge is -2.30. The van der Waals surface area contributed by atoms with Crippen molar-refractivity contribution in [1.29, 1.82) is 5.26 Å². The smallest absolute Gasteiger partial charge is 0.358 e. The number of rotatable bonds is 12. The van der Waals surface area contributed by atoms with Gasteiger partial charge < -0.3 is 20.5 Å². The Morgan fingerprint density at radius 3 is 2.42 bits per heavy atom. The highest BCUT2D eigenvalue weighted by Gasteiger charge is 2.34. The summed E-state index contributed by atoms with van der Waals surface area (Å²) in [5.74, 6) is -0.878. The number of thiocarbonyl (C=S) groups is 1. The van der Waals surface area contributed by atoms with Gasteiger partial charge in [-0.15, -0.1) is 0 Å². The highest BCUT2D eigenvalue weighted by molar-refractivity contribution is 7.80. The second-order valence-corrected chi connectivity index (χ2v) is 10.5. The maximum absolute atomic E-state index is 13.8. The highest BCUT2D eigenvalue weighted by atomic mass is 32.1. The number of benzene rings is 3. The van der Waals surface area contributed by atoms with Crippen LogP contribution in [0.5, 0.6) is 0 Å². The topological polar surface area (TPSA) is 100.0 Å². The van der Waals surface area contributed by atoms with Crippen molar-refractivity contribution in [2.45, 2.75) is 32.2 Å². The van der Waals surface area contributed by atoms with Gasteiger partial charge in [-0.3, -0.25) is 4.79 Å². The first-order valence-electron chi connectivity index (χ1n) is 13.6. The first-order chi connectivity index (χ1) is 20.7. The van der Waals surface area contributed by atoms with Crippen molar-refractivity contribution in [3.05, 3.63) is 125 Å². The standard InChI is InChI=1S/C32H31F3N6OS/c33-32(34,35)29-9-5-4-8-26(29)20-40(31(43)39-17-24-6-2-1-3-7-24)21-27(16-37)30(42)14-28-18-38-22-41(28)19-25-12-10-23(15-36)11-13-25/h1-13,18,22,27H,14,16-17,19-21,37H2,(H,39,43)/t27-/m0/s1. The summed E-state index contributed by atoms with van der Waals surface area (Å²) in [6, 6.07) is 24.0. The van der Waals surface area contributed by atoms with E-state index in [9.17, 15) is 18.0 Å². The molecule has 11 heteroatoms. The number of carbonyl (C=O) groups excluding carboxylic acids is 1. The van der Waals surface area contributed by atoms with Crippen LogP contribution in [0, 0.1) is 17.2 Å². The zero-order chi connectivity index (χ0) is 30.8. The van der Waals surface area contributed by atoms with E-state index in [1.807, 2.05) is 47.0 Å². The van der Waals surface area contributed by atoms with Crippen molar-refractivity contribution in [1.82, 2.24) is 19.8 Å². The minimum atomic E-state index is -4.54. The molecule has 0 radical (unpaired) electrons. The van der Waals surface area contributed by atoms with E-state index in [0.29, 0.717) is 24.3 Å². The molecule has 7 nitrogen and oxygen atoms in total. The van der Waals surface area contributed by atoms with Crippen LogP contribution in [0.15, 0.2) is 91.4 Å². The van der Waals surface area contributed by atoms with Gasteiger partial charge in [-0.1, -0.05) is 60.7 Å². The molecular formula is C32H31F3N6OS. The number of nitriles is 1. The molecule has 0 bridgehead atoms. The average Bonchev–Trinajstić information content (AvgIpc) is 3.44. The van der Waals surface area contributed by atoms with Gasteiger partial charge in [-0.05, 0) is 47.1 Å². The van der Waals surface area contributed by atoms with Gasteiger partial charge >= 0.3 is 6.18 Å². The molecule has 0 amide bonds. The number of halogens is 3. The lowest BCUT2D eigenvalue weighted by Crippen LogP contribution is -2.45. The minimum absolute atomic E-state index is 0.0126. The van der Waals surface area contributed by atoms with Crippen LogP contribution in [0.2, 0.25) is 0 Å². The summed E-state index contributed by atoms with van der Waals surface area (Å²) in [5.41, 5.74) is 8.45. The van der Waals surface area contributed by atoms with E-state index in [1.54, 1.807) is 35.6 Å². The number of aromatic nitrogens is 2. The first kappa shape index (κ1) is 31.4. The van der Waals surface area contributed by atoms with Crippen LogP contribution in [0.3, 0.4) is 0 Å². The van der Waals surface area contributed by atoms with Crippen LogP contribution in [0.1, 0.15) is 33.5 Å². The molecule has 0 fully saturated rings. The predicted octanol–water partition coefficient (Wildman–Crippen LogP) is 5.09. The lowest BCUT2D eigenvalue weighted by molar-refractivity contribution is -0.138. The summed E-state index contributed by atoms with van der Waals surface area (Å²) in [4.78, 5) is 19.3. The molecule has 4 aromatic rings. The van der Waals surface area contributed by atoms with Crippen LogP contribution in [-0.4, -0.2) is 38.4 Å². The summed E-state index contributed by atoms with van der Waals surface area (Å²) in [7, 11) is 0. The Kier molecular flexibility index (Phi) is 10.6. The number of nitrogens with zero attached hydrogens (tertiary/aromatic N) is 4. The van der Waals surface area contributed by atoms with Crippen molar-refractivity contribution in [3.8, 4) is 6.07 Å². The van der Waals surface area contributed by atoms with Gasteiger partial charge in [-0.25, -0.2) is 4.98 Å². The molecule has 0 spiro atoms. The molecule has 1 atom stereocenters. The number of imidazole rings is 1. The fourth-order valence-corrected chi connectivity index (χ4v) is 4.87. The maximum Gasteiger partial charge on any atom is 0.416 e. The molecule has 3 N–H and O–H groups in total. The van der Waals surface area contributed by atoms with Crippen LogP contribution >= 0.6 is 12.2 Å². The Balaban J connectivity index is 1.51. The van der Waals surface area contributed by atoms with Crippen molar-refractivity contribution in [3.63, 3.8) is 0 Å². The Labute approximate surface area is 253 Å². The van der Waals surface area contributed by atoms with E-state index < -0.39 is 17.7 Å². The molecule has 0 saturated carbocycles. The summed E-state index contributed by atoms with van der Waals surface area (Å²) < 4.78 is 43.3. The summed E-state index contributed by atoms with van der Waals surface area (Å²) in [6.07, 6.45) is -1.27. The summed E-state index contributed by atoms with van der Waals surface area (Å²) in [5, 5.41) is 12.4. The third kappa shape index (κ3) is 8.73. The Morgan fingerprint density at radius 2 is 1.74 bits per heavy atom. The molecule has 0 aliphatic heterocycles. The number of hydrogen-bond acceptors (Lipinski definition) is 5. The van der Waals surface area contributed by atoms with E-state index >= 15 is 0 Å². The van der Waals surface area contributed by atoms with Crippen LogP contribution in [0.25, 0.3) is 0 Å². The van der Waals surface area contributed by atoms with Gasteiger partial charge in [0.15, 0.2) is 5.11 Å². The molecule has 4 rings (SSSR count). The van der Waals surface area contributed by atoms with Crippen molar-refractivity contribution < 1.29 is 18.0 Å². The normalized spacial score (nSPS) is 11.9. The van der Waals surface area contributed by atoms with Gasteiger partial charge in [0.25, 0.3) is 0 Å². The predicted molar refractivity (Wildman–Crippen MR) is 161 cm³/mol. The molecule has 0 aliphatic rings. The molecule has 3 aromatic carbocycles. The van der Waals surface area contributed by atoms with Gasteiger partial charge in [0.1, 0.15) is 5.78 Å². The Morgan fingerprint density at radius 1 is 1.05 bits per heavy atom. The number of nitrogens with one attached hydrogen (secondary N) is 1. The Hall–Kier alpha value is -4.53. The van der Waals surface area contributed by atoms with E-state index in [2.05, 4.69) is 16.4 Å². The average molecular weight is 605 g/mol. The monoisotopic (exact) mass is 604 g/mol. The molecule has 222 valence electrons. The zero-order valence-electron chi connectivity index (χ0n) is 23.3. The second-order valence-electron chi connectivity index (χ2n) is 10.1. The van der Waals surface area contributed by atoms with E-state index in [-0.39, 0.29) is 42.5 Å². The molecule has 0 saturated heterocycles. The van der Waals surface area contributed by atoms with E-state index in [4.69, 9.17) is 23.2 Å². The van der Waals surface area contributed by atoms with E-state index in [1.165, 1.54) is 12.1 Å². The third-order valence-electron chi connectivity index (χ3n) is 7.03. The maximum atomic E-state index is 13.8. The van der Waals surface area contributed by atoms with Crippen molar-refractivity contribution in [2.24, 2.45) is 11.7 Å². The van der Waals surface area contributed by atoms with Gasteiger partial charge in [0.2, 0.25) is 0 Å². The first-order valence-corrected chi connectivity index (χ1v) is 14.0. The Bertz CT molecular complexity index is 1560. The molecule has 0 unspecified atom stereocenters. The molecule has 1 aromatic heterocycles. The van der Waals surface area contributed by atoms with E-state index in [0.717, 1.165) is 17.2 Å².